The normalized spacial score (nSPS) is 34.5. The second kappa shape index (κ2) is 4.45. The van der Waals surface area contributed by atoms with Crippen LogP contribution in [0.2, 0.25) is 0 Å². The van der Waals surface area contributed by atoms with Crippen molar-refractivity contribution in [2.75, 3.05) is 0 Å². The predicted octanol–water partition coefficient (Wildman–Crippen LogP) is 5.18. The van der Waals surface area contributed by atoms with E-state index in [0.29, 0.717) is 4.83 Å². The van der Waals surface area contributed by atoms with Gasteiger partial charge >= 0.3 is 0 Å². The Morgan fingerprint density at radius 1 is 1.31 bits per heavy atom. The van der Waals surface area contributed by atoms with Gasteiger partial charge in [0.1, 0.15) is 0 Å². The van der Waals surface area contributed by atoms with Gasteiger partial charge in [-0.3, -0.25) is 0 Å². The molecular formula is C14H19BrS. The first-order valence-corrected chi connectivity index (χ1v) is 8.27. The van der Waals surface area contributed by atoms with Gasteiger partial charge in [-0.1, -0.05) is 35.7 Å². The minimum Gasteiger partial charge on any atom is -0.144 e. The lowest BCUT2D eigenvalue weighted by Crippen LogP contribution is -1.91. The molecule has 0 radical (unpaired) electrons. The molecular weight excluding hydrogens is 280 g/mol. The molecule has 1 aromatic rings. The van der Waals surface area contributed by atoms with E-state index in [-0.39, 0.29) is 0 Å². The van der Waals surface area contributed by atoms with E-state index in [1.54, 1.807) is 4.88 Å². The van der Waals surface area contributed by atoms with Crippen LogP contribution in [0.5, 0.6) is 0 Å². The summed E-state index contributed by atoms with van der Waals surface area (Å²) in [7, 11) is 0. The summed E-state index contributed by atoms with van der Waals surface area (Å²) >= 11 is 5.96. The average molecular weight is 299 g/mol. The zero-order valence-electron chi connectivity index (χ0n) is 9.79. The Morgan fingerprint density at radius 2 is 2.00 bits per heavy atom. The molecule has 3 unspecified atom stereocenters. The fourth-order valence-electron chi connectivity index (χ4n) is 3.40. The minimum atomic E-state index is 0.644. The van der Waals surface area contributed by atoms with E-state index in [9.17, 15) is 0 Å². The molecule has 1 aromatic heterocycles. The predicted molar refractivity (Wildman–Crippen MR) is 74.3 cm³/mol. The van der Waals surface area contributed by atoms with Crippen molar-refractivity contribution < 1.29 is 0 Å². The van der Waals surface area contributed by atoms with Gasteiger partial charge < -0.3 is 0 Å². The Kier molecular flexibility index (Phi) is 3.14. The van der Waals surface area contributed by atoms with Crippen molar-refractivity contribution in [1.29, 1.82) is 0 Å². The Bertz CT molecular complexity index is 359. The van der Waals surface area contributed by atoms with Crippen LogP contribution in [0.4, 0.5) is 0 Å². The third kappa shape index (κ3) is 1.88. The summed E-state index contributed by atoms with van der Waals surface area (Å²) in [6, 6.07) is 4.65. The van der Waals surface area contributed by atoms with Gasteiger partial charge in [0.25, 0.3) is 0 Å². The van der Waals surface area contributed by atoms with Crippen molar-refractivity contribution >= 4 is 27.3 Å². The van der Waals surface area contributed by atoms with E-state index < -0.39 is 0 Å². The van der Waals surface area contributed by atoms with Gasteiger partial charge in [0.05, 0.1) is 4.83 Å². The van der Waals surface area contributed by atoms with E-state index in [1.807, 2.05) is 11.3 Å². The fraction of sp³-hybridized carbons (Fsp3) is 0.714. The highest BCUT2D eigenvalue weighted by atomic mass is 79.9. The maximum Gasteiger partial charge on any atom is 0.0522 e. The summed E-state index contributed by atoms with van der Waals surface area (Å²) in [5.74, 6) is 3.04. The molecule has 0 saturated heterocycles. The SMILES string of the molecule is CCc1ccc(C(Br)C2C3CCCCC32)s1. The van der Waals surface area contributed by atoms with Crippen LogP contribution in [0.25, 0.3) is 0 Å². The van der Waals surface area contributed by atoms with Gasteiger partial charge in [-0.15, -0.1) is 11.3 Å². The molecule has 0 nitrogen and oxygen atoms in total. The number of alkyl halides is 1. The lowest BCUT2D eigenvalue weighted by Gasteiger charge is -2.06. The Morgan fingerprint density at radius 3 is 2.56 bits per heavy atom. The molecule has 1 heterocycles. The van der Waals surface area contributed by atoms with Crippen LogP contribution in [-0.4, -0.2) is 0 Å². The largest absolute Gasteiger partial charge is 0.144 e. The number of hydrogen-bond donors (Lipinski definition) is 0. The molecule has 0 bridgehead atoms. The smallest absolute Gasteiger partial charge is 0.0522 e. The molecule has 16 heavy (non-hydrogen) atoms. The summed E-state index contributed by atoms with van der Waals surface area (Å²) < 4.78 is 0. The second-order valence-corrected chi connectivity index (χ2v) is 7.44. The van der Waals surface area contributed by atoms with Crippen LogP contribution >= 0.6 is 27.3 Å². The van der Waals surface area contributed by atoms with E-state index in [4.69, 9.17) is 0 Å². The number of halogens is 1. The Hall–Kier alpha value is 0.180. The zero-order valence-corrected chi connectivity index (χ0v) is 12.2. The highest BCUT2D eigenvalue weighted by Crippen LogP contribution is 2.63. The van der Waals surface area contributed by atoms with Gasteiger partial charge in [0.15, 0.2) is 0 Å². The topological polar surface area (TPSA) is 0 Å². The first-order valence-electron chi connectivity index (χ1n) is 6.54. The summed E-state index contributed by atoms with van der Waals surface area (Å²) in [5.41, 5.74) is 0. The third-order valence-electron chi connectivity index (χ3n) is 4.36. The second-order valence-electron chi connectivity index (χ2n) is 5.25. The summed E-state index contributed by atoms with van der Waals surface area (Å²) in [6.45, 7) is 2.25. The zero-order chi connectivity index (χ0) is 11.1. The molecule has 2 saturated carbocycles. The van der Waals surface area contributed by atoms with Crippen LogP contribution in [-0.2, 0) is 6.42 Å². The number of aryl methyl sites for hydroxylation is 1. The van der Waals surface area contributed by atoms with Gasteiger partial charge in [0.2, 0.25) is 0 Å². The molecule has 0 N–H and O–H groups in total. The third-order valence-corrected chi connectivity index (χ3v) is 7.08. The highest BCUT2D eigenvalue weighted by molar-refractivity contribution is 9.09. The van der Waals surface area contributed by atoms with E-state index in [0.717, 1.165) is 17.8 Å². The molecule has 3 rings (SSSR count). The van der Waals surface area contributed by atoms with Crippen molar-refractivity contribution in [3.8, 4) is 0 Å². The van der Waals surface area contributed by atoms with E-state index in [1.165, 1.54) is 37.0 Å². The maximum absolute atomic E-state index is 3.96. The number of rotatable bonds is 3. The van der Waals surface area contributed by atoms with Gasteiger partial charge in [-0.05, 0) is 49.1 Å². The molecule has 2 fully saturated rings. The van der Waals surface area contributed by atoms with Crippen molar-refractivity contribution in [3.05, 3.63) is 21.9 Å². The molecule has 0 aliphatic heterocycles. The quantitative estimate of drug-likeness (QED) is 0.674. The van der Waals surface area contributed by atoms with Crippen LogP contribution < -0.4 is 0 Å². The van der Waals surface area contributed by atoms with Gasteiger partial charge in [-0.2, -0.15) is 0 Å². The molecule has 2 heteroatoms. The summed E-state index contributed by atoms with van der Waals surface area (Å²) in [6.07, 6.45) is 7.11. The maximum atomic E-state index is 3.96. The minimum absolute atomic E-state index is 0.644. The van der Waals surface area contributed by atoms with E-state index >= 15 is 0 Å². The number of hydrogen-bond acceptors (Lipinski definition) is 1. The van der Waals surface area contributed by atoms with Crippen LogP contribution in [0.15, 0.2) is 12.1 Å². The molecule has 0 amide bonds. The molecule has 2 aliphatic rings. The van der Waals surface area contributed by atoms with Crippen LogP contribution in [0.1, 0.15) is 47.2 Å². The highest BCUT2D eigenvalue weighted by Gasteiger charge is 2.53. The summed E-state index contributed by atoms with van der Waals surface area (Å²) in [4.78, 5) is 3.74. The molecule has 3 atom stereocenters. The van der Waals surface area contributed by atoms with E-state index in [2.05, 4.69) is 35.0 Å². The monoisotopic (exact) mass is 298 g/mol. The Balaban J connectivity index is 1.71. The molecule has 88 valence electrons. The number of thiophene rings is 1. The van der Waals surface area contributed by atoms with Crippen molar-refractivity contribution in [2.45, 2.75) is 43.9 Å². The molecule has 2 aliphatic carbocycles. The first-order chi connectivity index (χ1) is 7.81. The molecule has 0 spiro atoms. The molecule has 0 aromatic carbocycles. The van der Waals surface area contributed by atoms with Crippen molar-refractivity contribution in [2.24, 2.45) is 17.8 Å². The number of fused-ring (bicyclic) bond motifs is 1. The van der Waals surface area contributed by atoms with Gasteiger partial charge in [0, 0.05) is 9.75 Å². The van der Waals surface area contributed by atoms with Gasteiger partial charge in [-0.25, -0.2) is 0 Å². The van der Waals surface area contributed by atoms with Crippen LogP contribution in [0.3, 0.4) is 0 Å². The van der Waals surface area contributed by atoms with Crippen molar-refractivity contribution in [1.82, 2.24) is 0 Å². The average Bonchev–Trinajstić information content (AvgIpc) is 2.84. The lowest BCUT2D eigenvalue weighted by molar-refractivity contribution is 0.480. The Labute approximate surface area is 111 Å². The lowest BCUT2D eigenvalue weighted by atomic mass is 10.0. The van der Waals surface area contributed by atoms with Crippen LogP contribution in [0, 0.1) is 17.8 Å². The standard InChI is InChI=1S/C14H19BrS/c1-2-9-7-8-12(16-9)14(15)13-10-5-3-4-6-11(10)13/h7-8,10-11,13-14H,2-6H2,1H3. The van der Waals surface area contributed by atoms with Crippen molar-refractivity contribution in [3.63, 3.8) is 0 Å². The fourth-order valence-corrected chi connectivity index (χ4v) is 5.61. The first kappa shape index (κ1) is 11.3. The summed E-state index contributed by atoms with van der Waals surface area (Å²) in [5, 5.41) is 0.